The molecule has 1 aromatic rings. The number of benzene rings is 1. The van der Waals surface area contributed by atoms with Crippen LogP contribution in [-0.4, -0.2) is 12.7 Å². The van der Waals surface area contributed by atoms with Crippen molar-refractivity contribution in [3.05, 3.63) is 41.0 Å². The Hall–Kier alpha value is -1.08. The van der Waals surface area contributed by atoms with Gasteiger partial charge < -0.3 is 4.74 Å². The van der Waals surface area contributed by atoms with Gasteiger partial charge in [-0.25, -0.2) is 0 Å². The number of aryl methyl sites for hydroxylation is 1. The quantitative estimate of drug-likeness (QED) is 0.693. The van der Waals surface area contributed by atoms with Crippen molar-refractivity contribution in [3.8, 4) is 0 Å². The average Bonchev–Trinajstić information content (AvgIpc) is 2.75. The summed E-state index contributed by atoms with van der Waals surface area (Å²) in [5.41, 5.74) is 4.26. The van der Waals surface area contributed by atoms with Crippen LogP contribution in [-0.2, 0) is 4.74 Å². The maximum Gasteiger partial charge on any atom is 0.0678 e. The molecule has 1 aliphatic carbocycles. The Morgan fingerprint density at radius 1 is 1.25 bits per heavy atom. The van der Waals surface area contributed by atoms with Crippen molar-refractivity contribution in [2.24, 2.45) is 0 Å². The molecule has 2 unspecified atom stereocenters. The Bertz CT molecular complexity index is 413. The molecule has 1 nitrogen and oxygen atoms in total. The van der Waals surface area contributed by atoms with Crippen LogP contribution in [0.3, 0.4) is 0 Å². The zero-order chi connectivity index (χ0) is 11.0. The molecule has 0 radical (unpaired) electrons. The van der Waals surface area contributed by atoms with E-state index in [4.69, 9.17) is 4.74 Å². The lowest BCUT2D eigenvalue weighted by Gasteiger charge is -2.28. The molecule has 1 heteroatoms. The predicted octanol–water partition coefficient (Wildman–Crippen LogP) is 3.67. The molecular weight excluding hydrogens is 196 g/mol. The van der Waals surface area contributed by atoms with Crippen LogP contribution in [0.5, 0.6) is 0 Å². The van der Waals surface area contributed by atoms with E-state index in [9.17, 15) is 0 Å². The van der Waals surface area contributed by atoms with E-state index in [0.29, 0.717) is 12.0 Å². The van der Waals surface area contributed by atoms with Gasteiger partial charge in [0.1, 0.15) is 0 Å². The van der Waals surface area contributed by atoms with Gasteiger partial charge in [0.2, 0.25) is 0 Å². The van der Waals surface area contributed by atoms with Crippen LogP contribution < -0.4 is 0 Å². The summed E-state index contributed by atoms with van der Waals surface area (Å²) in [6.45, 7) is 3.13. The Balaban J connectivity index is 1.91. The molecule has 1 fully saturated rings. The summed E-state index contributed by atoms with van der Waals surface area (Å²) < 4.78 is 5.91. The summed E-state index contributed by atoms with van der Waals surface area (Å²) in [6, 6.07) is 6.61. The second kappa shape index (κ2) is 4.06. The van der Waals surface area contributed by atoms with Gasteiger partial charge in [-0.1, -0.05) is 30.4 Å². The van der Waals surface area contributed by atoms with Crippen LogP contribution in [0.4, 0.5) is 0 Å². The maximum absolute atomic E-state index is 5.91. The molecule has 1 aromatic carbocycles. The summed E-state index contributed by atoms with van der Waals surface area (Å²) >= 11 is 0. The van der Waals surface area contributed by atoms with Crippen molar-refractivity contribution in [2.45, 2.75) is 38.2 Å². The van der Waals surface area contributed by atoms with E-state index in [-0.39, 0.29) is 0 Å². The lowest BCUT2D eigenvalue weighted by atomic mass is 9.90. The van der Waals surface area contributed by atoms with E-state index in [1.54, 1.807) is 0 Å². The van der Waals surface area contributed by atoms with E-state index in [0.717, 1.165) is 6.61 Å². The van der Waals surface area contributed by atoms with E-state index in [1.807, 2.05) is 0 Å². The molecule has 3 rings (SSSR count). The Morgan fingerprint density at radius 2 is 2.19 bits per heavy atom. The van der Waals surface area contributed by atoms with Crippen LogP contribution in [0, 0.1) is 6.92 Å². The highest BCUT2D eigenvalue weighted by atomic mass is 16.5. The molecule has 0 N–H and O–H groups in total. The van der Waals surface area contributed by atoms with Gasteiger partial charge in [-0.05, 0) is 42.9 Å². The number of ether oxygens (including phenoxy) is 1. The number of rotatable bonds is 1. The highest BCUT2D eigenvalue weighted by Gasteiger charge is 2.28. The van der Waals surface area contributed by atoms with Crippen LogP contribution in [0.1, 0.15) is 41.9 Å². The first-order chi connectivity index (χ1) is 7.86. The minimum absolute atomic E-state index is 0.410. The zero-order valence-electron chi connectivity index (χ0n) is 9.78. The second-order valence-electron chi connectivity index (χ2n) is 4.87. The van der Waals surface area contributed by atoms with Crippen LogP contribution in [0.2, 0.25) is 0 Å². The Kier molecular flexibility index (Phi) is 2.56. The van der Waals surface area contributed by atoms with Crippen molar-refractivity contribution in [2.75, 3.05) is 6.61 Å². The van der Waals surface area contributed by atoms with Gasteiger partial charge in [0.05, 0.1) is 6.10 Å². The number of fused-ring (bicyclic) bond motifs is 1. The maximum atomic E-state index is 5.91. The Morgan fingerprint density at radius 3 is 3.00 bits per heavy atom. The van der Waals surface area contributed by atoms with Crippen molar-refractivity contribution in [1.82, 2.24) is 0 Å². The molecule has 16 heavy (non-hydrogen) atoms. The third-order valence-electron chi connectivity index (χ3n) is 3.80. The van der Waals surface area contributed by atoms with Crippen molar-refractivity contribution >= 4 is 6.08 Å². The number of hydrogen-bond acceptors (Lipinski definition) is 1. The van der Waals surface area contributed by atoms with Gasteiger partial charge >= 0.3 is 0 Å². The highest BCUT2D eigenvalue weighted by Crippen LogP contribution is 2.37. The SMILES string of the molecule is Cc1cccc2c1C=CC2C1CCCCO1. The fourth-order valence-corrected chi connectivity index (χ4v) is 2.90. The zero-order valence-corrected chi connectivity index (χ0v) is 9.78. The molecule has 0 bridgehead atoms. The van der Waals surface area contributed by atoms with E-state index in [2.05, 4.69) is 37.3 Å². The summed E-state index contributed by atoms with van der Waals surface area (Å²) in [7, 11) is 0. The van der Waals surface area contributed by atoms with Crippen molar-refractivity contribution in [3.63, 3.8) is 0 Å². The van der Waals surface area contributed by atoms with Crippen molar-refractivity contribution in [1.29, 1.82) is 0 Å². The molecule has 2 aliphatic rings. The summed E-state index contributed by atoms with van der Waals surface area (Å²) in [4.78, 5) is 0. The molecule has 2 atom stereocenters. The van der Waals surface area contributed by atoms with Crippen LogP contribution in [0.25, 0.3) is 6.08 Å². The van der Waals surface area contributed by atoms with Crippen LogP contribution in [0.15, 0.2) is 24.3 Å². The lowest BCUT2D eigenvalue weighted by Crippen LogP contribution is -2.24. The first-order valence-corrected chi connectivity index (χ1v) is 6.25. The minimum Gasteiger partial charge on any atom is -0.377 e. The van der Waals surface area contributed by atoms with Crippen LogP contribution >= 0.6 is 0 Å². The third-order valence-corrected chi connectivity index (χ3v) is 3.80. The topological polar surface area (TPSA) is 9.23 Å². The Labute approximate surface area is 97.1 Å². The van der Waals surface area contributed by atoms with Crippen molar-refractivity contribution < 1.29 is 4.74 Å². The van der Waals surface area contributed by atoms with Gasteiger partial charge in [-0.15, -0.1) is 0 Å². The normalized spacial score (nSPS) is 28.1. The molecule has 0 spiro atoms. The largest absolute Gasteiger partial charge is 0.377 e. The van der Waals surface area contributed by atoms with E-state index >= 15 is 0 Å². The summed E-state index contributed by atoms with van der Waals surface area (Å²) in [5.74, 6) is 0.496. The standard InChI is InChI=1S/C15H18O/c1-11-5-4-6-13-12(11)8-9-14(13)15-7-2-3-10-16-15/h4-6,8-9,14-15H,2-3,7,10H2,1H3. The average molecular weight is 214 g/mol. The molecule has 0 saturated carbocycles. The first-order valence-electron chi connectivity index (χ1n) is 6.25. The molecular formula is C15H18O. The predicted molar refractivity (Wildman–Crippen MR) is 66.5 cm³/mol. The lowest BCUT2D eigenvalue weighted by molar-refractivity contribution is 0.00820. The highest BCUT2D eigenvalue weighted by molar-refractivity contribution is 5.65. The van der Waals surface area contributed by atoms with Gasteiger partial charge in [0, 0.05) is 12.5 Å². The monoisotopic (exact) mass is 214 g/mol. The molecule has 0 amide bonds. The summed E-state index contributed by atoms with van der Waals surface area (Å²) in [5, 5.41) is 0. The minimum atomic E-state index is 0.410. The molecule has 0 aromatic heterocycles. The summed E-state index contributed by atoms with van der Waals surface area (Å²) in [6.07, 6.45) is 8.76. The third kappa shape index (κ3) is 1.60. The molecule has 84 valence electrons. The van der Waals surface area contributed by atoms with E-state index in [1.165, 1.54) is 36.0 Å². The fourth-order valence-electron chi connectivity index (χ4n) is 2.90. The van der Waals surface area contributed by atoms with Gasteiger partial charge in [0.15, 0.2) is 0 Å². The second-order valence-corrected chi connectivity index (χ2v) is 4.87. The first kappa shape index (κ1) is 10.1. The molecule has 1 saturated heterocycles. The van der Waals surface area contributed by atoms with E-state index < -0.39 is 0 Å². The van der Waals surface area contributed by atoms with Gasteiger partial charge in [-0.3, -0.25) is 0 Å². The van der Waals surface area contributed by atoms with Gasteiger partial charge in [0.25, 0.3) is 0 Å². The molecule has 1 heterocycles. The smallest absolute Gasteiger partial charge is 0.0678 e. The number of hydrogen-bond donors (Lipinski definition) is 0. The molecule has 1 aliphatic heterocycles. The fraction of sp³-hybridized carbons (Fsp3) is 0.467. The van der Waals surface area contributed by atoms with Gasteiger partial charge in [-0.2, -0.15) is 0 Å².